The molecule has 0 saturated heterocycles. The molecule has 0 fully saturated rings. The molecule has 0 radical (unpaired) electrons. The van der Waals surface area contributed by atoms with Crippen LogP contribution in [0.1, 0.15) is 41.4 Å². The van der Waals surface area contributed by atoms with Gasteiger partial charge in [-0.2, -0.15) is 0 Å². The van der Waals surface area contributed by atoms with Crippen molar-refractivity contribution in [2.75, 3.05) is 30.0 Å². The molecule has 2 amide bonds. The van der Waals surface area contributed by atoms with Crippen molar-refractivity contribution in [3.63, 3.8) is 0 Å². The third kappa shape index (κ3) is 5.99. The Morgan fingerprint density at radius 3 is 2.25 bits per heavy atom. The second kappa shape index (κ2) is 11.2. The van der Waals surface area contributed by atoms with Crippen molar-refractivity contribution < 1.29 is 9.59 Å². The summed E-state index contributed by atoms with van der Waals surface area (Å²) in [5.41, 5.74) is 3.06. The maximum Gasteiger partial charge on any atom is 0.275 e. The van der Waals surface area contributed by atoms with Crippen LogP contribution >= 0.6 is 11.6 Å². The molecule has 0 spiro atoms. The van der Waals surface area contributed by atoms with Crippen LogP contribution in [0.4, 0.5) is 17.3 Å². The number of carbonyl (C=O) groups excluding carboxylic acids is 2. The monoisotopic (exact) mass is 509 g/mol. The first-order valence-corrected chi connectivity index (χ1v) is 11.5. The van der Waals surface area contributed by atoms with Crippen LogP contribution < -0.4 is 21.3 Å². The molecule has 3 heterocycles. The lowest BCUT2D eigenvalue weighted by Gasteiger charge is -2.16. The van der Waals surface area contributed by atoms with Gasteiger partial charge in [0.05, 0.1) is 28.2 Å². The number of pyridine rings is 2. The Balaban J connectivity index is 2.13. The lowest BCUT2D eigenvalue weighted by atomic mass is 10.1. The van der Waals surface area contributed by atoms with Crippen molar-refractivity contribution in [3.8, 4) is 11.3 Å². The summed E-state index contributed by atoms with van der Waals surface area (Å²) in [6, 6.07) is 4.44. The van der Waals surface area contributed by atoms with Crippen LogP contribution in [0.25, 0.3) is 11.3 Å². The van der Waals surface area contributed by atoms with Gasteiger partial charge in [-0.15, -0.1) is 0 Å². The largest absolute Gasteiger partial charge is 0.385 e. The van der Waals surface area contributed by atoms with E-state index in [4.69, 9.17) is 17.0 Å². The van der Waals surface area contributed by atoms with E-state index in [9.17, 15) is 9.59 Å². The zero-order valence-electron chi connectivity index (χ0n) is 20.9. The predicted molar refractivity (Wildman–Crippen MR) is 141 cm³/mol. The number of amides is 2. The quantitative estimate of drug-likeness (QED) is 0.289. The molecule has 1 unspecified atom stereocenters. The number of nitrogens with zero attached hydrogens (tertiary/aromatic N) is 4. The molecule has 12 heteroatoms. The van der Waals surface area contributed by atoms with Crippen LogP contribution in [-0.4, -0.2) is 57.6 Å². The number of rotatable bonds is 8. The zero-order valence-corrected chi connectivity index (χ0v) is 21.6. The molecule has 0 aliphatic rings. The van der Waals surface area contributed by atoms with Gasteiger partial charge in [0, 0.05) is 18.8 Å². The molecule has 36 heavy (non-hydrogen) atoms. The van der Waals surface area contributed by atoms with Gasteiger partial charge in [-0.25, -0.2) is 19.9 Å². The van der Waals surface area contributed by atoms with E-state index in [-0.39, 0.29) is 28.9 Å². The fourth-order valence-corrected chi connectivity index (χ4v) is 3.62. The molecule has 188 valence electrons. The predicted octanol–water partition coefficient (Wildman–Crippen LogP) is 3.43. The highest BCUT2D eigenvalue weighted by molar-refractivity contribution is 6.30. The number of carbonyl (C=O) groups is 2. The average molecular weight is 510 g/mol. The van der Waals surface area contributed by atoms with Gasteiger partial charge in [0.2, 0.25) is 5.91 Å². The van der Waals surface area contributed by atoms with Gasteiger partial charge in [-0.3, -0.25) is 9.59 Å². The third-order valence-electron chi connectivity index (χ3n) is 5.30. The molecule has 3 rings (SSSR count). The second-order valence-corrected chi connectivity index (χ2v) is 8.55. The Morgan fingerprint density at radius 2 is 1.67 bits per heavy atom. The standard InChI is InChI=1S/C24H28ClN9O2/c1-11-7-16(25)10-29-19(11)24(36)34-18-9-15(8-17(32-18)33-23(35)13(3)27-5)21-22(28-6)20(12(2)26)30-14(4)31-21/h7-10,13,26-28H,1-6H3,(H2,32,33,34,35,36). The van der Waals surface area contributed by atoms with Crippen LogP contribution in [0.5, 0.6) is 0 Å². The SMILES string of the molecule is CNc1c(C(C)=N)nc(C)nc1-c1cc(NC(=O)c2ncc(Cl)cc2C)nc(NC(=O)C(C)NC)c1. The molecular formula is C24H28ClN9O2. The van der Waals surface area contributed by atoms with E-state index in [1.165, 1.54) is 6.20 Å². The van der Waals surface area contributed by atoms with Gasteiger partial charge in [0.15, 0.2) is 0 Å². The van der Waals surface area contributed by atoms with E-state index >= 15 is 0 Å². The summed E-state index contributed by atoms with van der Waals surface area (Å²) in [5, 5.41) is 20.0. The van der Waals surface area contributed by atoms with Gasteiger partial charge in [-0.05, 0) is 58.5 Å². The molecule has 3 aromatic heterocycles. The molecule has 3 aromatic rings. The summed E-state index contributed by atoms with van der Waals surface area (Å²) >= 11 is 5.97. The van der Waals surface area contributed by atoms with E-state index in [1.807, 2.05) is 0 Å². The van der Waals surface area contributed by atoms with Gasteiger partial charge in [-0.1, -0.05) is 11.6 Å². The Kier molecular flexibility index (Phi) is 8.28. The Morgan fingerprint density at radius 1 is 1.00 bits per heavy atom. The minimum Gasteiger partial charge on any atom is -0.385 e. The molecule has 0 aliphatic carbocycles. The molecular weight excluding hydrogens is 482 g/mol. The molecule has 11 nitrogen and oxygen atoms in total. The van der Waals surface area contributed by atoms with Gasteiger partial charge in [0.1, 0.15) is 28.8 Å². The van der Waals surface area contributed by atoms with Crippen LogP contribution in [0, 0.1) is 19.3 Å². The fourth-order valence-electron chi connectivity index (χ4n) is 3.40. The lowest BCUT2D eigenvalue weighted by molar-refractivity contribution is -0.117. The Labute approximate surface area is 214 Å². The Hall–Kier alpha value is -3.96. The molecule has 1 atom stereocenters. The van der Waals surface area contributed by atoms with Crippen molar-refractivity contribution in [2.45, 2.75) is 33.7 Å². The smallest absolute Gasteiger partial charge is 0.275 e. The number of nitrogens with one attached hydrogen (secondary N) is 5. The summed E-state index contributed by atoms with van der Waals surface area (Å²) in [5.74, 6) is 0.0507. The van der Waals surface area contributed by atoms with E-state index in [0.717, 1.165) is 0 Å². The summed E-state index contributed by atoms with van der Waals surface area (Å²) in [7, 11) is 3.38. The van der Waals surface area contributed by atoms with E-state index in [2.05, 4.69) is 41.2 Å². The second-order valence-electron chi connectivity index (χ2n) is 8.12. The highest BCUT2D eigenvalue weighted by Gasteiger charge is 2.20. The third-order valence-corrected chi connectivity index (χ3v) is 5.51. The first-order valence-electron chi connectivity index (χ1n) is 11.1. The van der Waals surface area contributed by atoms with Crippen LogP contribution in [0.15, 0.2) is 24.4 Å². The number of likely N-dealkylation sites (N-methyl/N-ethyl adjacent to an activating group) is 1. The topological polar surface area (TPSA) is 158 Å². The van der Waals surface area contributed by atoms with Crippen molar-refractivity contribution >= 4 is 46.5 Å². The van der Waals surface area contributed by atoms with Gasteiger partial charge < -0.3 is 26.7 Å². The van der Waals surface area contributed by atoms with Crippen molar-refractivity contribution in [1.29, 1.82) is 5.41 Å². The number of aromatic nitrogens is 4. The first-order chi connectivity index (χ1) is 17.0. The summed E-state index contributed by atoms with van der Waals surface area (Å²) < 4.78 is 0. The molecule has 0 bridgehead atoms. The average Bonchev–Trinajstić information content (AvgIpc) is 2.82. The molecule has 0 aliphatic heterocycles. The van der Waals surface area contributed by atoms with Crippen molar-refractivity contribution in [3.05, 3.63) is 52.2 Å². The van der Waals surface area contributed by atoms with Crippen LogP contribution in [0.2, 0.25) is 5.02 Å². The minimum absolute atomic E-state index is 0.174. The summed E-state index contributed by atoms with van der Waals surface area (Å²) in [6.45, 7) is 6.80. The maximum absolute atomic E-state index is 13.0. The van der Waals surface area contributed by atoms with Crippen molar-refractivity contribution in [1.82, 2.24) is 25.3 Å². The van der Waals surface area contributed by atoms with E-state index in [1.54, 1.807) is 60.0 Å². The molecule has 0 aromatic carbocycles. The van der Waals surface area contributed by atoms with Crippen LogP contribution in [-0.2, 0) is 4.79 Å². The first kappa shape index (κ1) is 26.6. The maximum atomic E-state index is 13.0. The number of hydrogen-bond acceptors (Lipinski definition) is 9. The summed E-state index contributed by atoms with van der Waals surface area (Å²) in [4.78, 5) is 43.0. The molecule has 5 N–H and O–H groups in total. The number of anilines is 3. The fraction of sp³-hybridized carbons (Fsp3) is 0.292. The number of aryl methyl sites for hydroxylation is 2. The lowest BCUT2D eigenvalue weighted by Crippen LogP contribution is -2.35. The number of halogens is 1. The normalized spacial score (nSPS) is 11.5. The van der Waals surface area contributed by atoms with E-state index in [0.29, 0.717) is 39.0 Å². The zero-order chi connectivity index (χ0) is 26.6. The van der Waals surface area contributed by atoms with Crippen molar-refractivity contribution in [2.24, 2.45) is 0 Å². The van der Waals surface area contributed by atoms with Gasteiger partial charge in [0.25, 0.3) is 5.91 Å². The van der Waals surface area contributed by atoms with Gasteiger partial charge >= 0.3 is 0 Å². The Bertz CT molecular complexity index is 1340. The summed E-state index contributed by atoms with van der Waals surface area (Å²) in [6.07, 6.45) is 1.39. The number of hydrogen-bond donors (Lipinski definition) is 5. The molecule has 0 saturated carbocycles. The van der Waals surface area contributed by atoms with E-state index < -0.39 is 11.9 Å². The van der Waals surface area contributed by atoms with Crippen LogP contribution in [0.3, 0.4) is 0 Å². The minimum atomic E-state index is -0.488. The highest BCUT2D eigenvalue weighted by Crippen LogP contribution is 2.32. The highest BCUT2D eigenvalue weighted by atomic mass is 35.5.